The van der Waals surface area contributed by atoms with E-state index in [4.69, 9.17) is 16.1 Å². The van der Waals surface area contributed by atoms with Gasteiger partial charge in [0.25, 0.3) is 0 Å². The smallest absolute Gasteiger partial charge is 0.326 e. The highest BCUT2D eigenvalue weighted by Gasteiger charge is 2.20. The first-order chi connectivity index (χ1) is 9.93. The molecule has 0 heterocycles. The fourth-order valence-electron chi connectivity index (χ4n) is 1.55. The third kappa shape index (κ3) is 5.20. The summed E-state index contributed by atoms with van der Waals surface area (Å²) in [6.45, 7) is 0. The molecule has 0 saturated carbocycles. The van der Waals surface area contributed by atoms with Crippen molar-refractivity contribution in [1.82, 2.24) is 5.32 Å². The highest BCUT2D eigenvalue weighted by Crippen LogP contribution is 2.13. The Hall–Kier alpha value is -3.08. The number of urea groups is 1. The van der Waals surface area contributed by atoms with Crippen molar-refractivity contribution in [3.63, 3.8) is 0 Å². The lowest BCUT2D eigenvalue weighted by molar-refractivity contribution is -0.139. The lowest BCUT2D eigenvalue weighted by Gasteiger charge is -2.14. The zero-order chi connectivity index (χ0) is 15.8. The minimum atomic E-state index is -1.28. The molecule has 0 radical (unpaired) electrons. The van der Waals surface area contributed by atoms with Crippen molar-refractivity contribution in [1.29, 1.82) is 5.26 Å². The van der Waals surface area contributed by atoms with E-state index in [1.165, 1.54) is 12.1 Å². The monoisotopic (exact) mass is 290 g/mol. The first-order valence-corrected chi connectivity index (χ1v) is 6.01. The molecule has 1 rings (SSSR count). The first-order valence-electron chi connectivity index (χ1n) is 6.01. The second kappa shape index (κ2) is 7.49. The molecule has 0 saturated heterocycles. The number of benzene rings is 1. The Morgan fingerprint density at radius 1 is 1.33 bits per heavy atom. The number of rotatable bonds is 6. The van der Waals surface area contributed by atoms with Crippen molar-refractivity contribution in [3.05, 3.63) is 29.8 Å². The zero-order valence-electron chi connectivity index (χ0n) is 11.0. The second-order valence-electron chi connectivity index (χ2n) is 4.15. The minimum absolute atomic E-state index is 0.113. The number of anilines is 1. The molecule has 1 atom stereocenters. The third-order valence-electron chi connectivity index (χ3n) is 2.58. The van der Waals surface area contributed by atoms with Gasteiger partial charge in [0.1, 0.15) is 12.1 Å². The van der Waals surface area contributed by atoms with E-state index < -0.39 is 23.9 Å². The van der Waals surface area contributed by atoms with Crippen LogP contribution in [0.3, 0.4) is 0 Å². The predicted octanol–water partition coefficient (Wildman–Crippen LogP) is 0.398. The zero-order valence-corrected chi connectivity index (χ0v) is 11.0. The van der Waals surface area contributed by atoms with Crippen LogP contribution in [0.25, 0.3) is 0 Å². The Kier molecular flexibility index (Phi) is 5.70. The van der Waals surface area contributed by atoms with Gasteiger partial charge in [-0.3, -0.25) is 4.79 Å². The maximum absolute atomic E-state index is 11.7. The van der Waals surface area contributed by atoms with Crippen molar-refractivity contribution in [2.75, 3.05) is 5.32 Å². The second-order valence-corrected chi connectivity index (χ2v) is 4.15. The summed E-state index contributed by atoms with van der Waals surface area (Å²) in [5.74, 6) is -1.93. The van der Waals surface area contributed by atoms with Gasteiger partial charge < -0.3 is 21.5 Å². The average molecular weight is 290 g/mol. The van der Waals surface area contributed by atoms with Crippen LogP contribution < -0.4 is 16.4 Å². The molecule has 0 fully saturated rings. The largest absolute Gasteiger partial charge is 0.480 e. The van der Waals surface area contributed by atoms with Crippen LogP contribution in [0.5, 0.6) is 0 Å². The van der Waals surface area contributed by atoms with E-state index in [9.17, 15) is 14.4 Å². The molecule has 0 aliphatic rings. The van der Waals surface area contributed by atoms with Gasteiger partial charge in [-0.25, -0.2) is 9.59 Å². The molecule has 110 valence electrons. The fraction of sp³-hybridized carbons (Fsp3) is 0.231. The van der Waals surface area contributed by atoms with Crippen LogP contribution in [0.15, 0.2) is 24.3 Å². The number of nitrogens with two attached hydrogens (primary N) is 1. The molecule has 8 nitrogen and oxygen atoms in total. The molecular weight excluding hydrogens is 276 g/mol. The van der Waals surface area contributed by atoms with Crippen molar-refractivity contribution >= 4 is 23.6 Å². The quantitative estimate of drug-likeness (QED) is 0.599. The lowest BCUT2D eigenvalue weighted by atomic mass is 10.1. The number of nitrogens with zero attached hydrogens (tertiary/aromatic N) is 1. The summed E-state index contributed by atoms with van der Waals surface area (Å²) < 4.78 is 0. The Bertz CT molecular complexity index is 594. The normalized spacial score (nSPS) is 11.0. The first kappa shape index (κ1) is 16.0. The van der Waals surface area contributed by atoms with Crippen LogP contribution in [0.1, 0.15) is 18.4 Å². The number of carboxylic acids is 1. The summed E-state index contributed by atoms with van der Waals surface area (Å²) in [6.07, 6.45) is -0.274. The highest BCUT2D eigenvalue weighted by molar-refractivity contribution is 5.93. The summed E-state index contributed by atoms with van der Waals surface area (Å²) in [7, 11) is 0. The number of nitrogens with one attached hydrogen (secondary N) is 2. The number of para-hydroxylation sites is 1. The van der Waals surface area contributed by atoms with Crippen LogP contribution >= 0.6 is 0 Å². The maximum atomic E-state index is 11.7. The van der Waals surface area contributed by atoms with E-state index >= 15 is 0 Å². The van der Waals surface area contributed by atoms with Crippen LogP contribution in [0.4, 0.5) is 10.5 Å². The molecule has 0 bridgehead atoms. The van der Waals surface area contributed by atoms with E-state index in [1.54, 1.807) is 12.1 Å². The number of carbonyl (C=O) groups excluding carboxylic acids is 2. The van der Waals surface area contributed by atoms with Crippen molar-refractivity contribution < 1.29 is 19.5 Å². The van der Waals surface area contributed by atoms with Gasteiger partial charge in [0.15, 0.2) is 0 Å². The van der Waals surface area contributed by atoms with Gasteiger partial charge in [0.2, 0.25) is 5.91 Å². The molecule has 21 heavy (non-hydrogen) atoms. The van der Waals surface area contributed by atoms with E-state index in [2.05, 4.69) is 10.6 Å². The molecule has 1 aromatic carbocycles. The van der Waals surface area contributed by atoms with Gasteiger partial charge in [-0.05, 0) is 18.6 Å². The summed E-state index contributed by atoms with van der Waals surface area (Å²) in [4.78, 5) is 33.4. The van der Waals surface area contributed by atoms with E-state index in [1.807, 2.05) is 6.07 Å². The predicted molar refractivity (Wildman–Crippen MR) is 73.2 cm³/mol. The molecule has 0 unspecified atom stereocenters. The highest BCUT2D eigenvalue weighted by atomic mass is 16.4. The van der Waals surface area contributed by atoms with Crippen LogP contribution in [0.2, 0.25) is 0 Å². The molecule has 0 aromatic heterocycles. The Labute approximate surface area is 120 Å². The number of hydrogen-bond donors (Lipinski definition) is 4. The van der Waals surface area contributed by atoms with E-state index in [0.717, 1.165) is 0 Å². The lowest BCUT2D eigenvalue weighted by Crippen LogP contribution is -2.43. The molecule has 3 amide bonds. The minimum Gasteiger partial charge on any atom is -0.480 e. The summed E-state index contributed by atoms with van der Waals surface area (Å²) in [6, 6.07) is 6.15. The molecular formula is C13H14N4O4. The number of aliphatic carboxylic acids is 1. The molecule has 0 aliphatic heterocycles. The van der Waals surface area contributed by atoms with Crippen LogP contribution in [-0.2, 0) is 9.59 Å². The number of carbonyl (C=O) groups is 3. The third-order valence-corrected chi connectivity index (χ3v) is 2.58. The topological polar surface area (TPSA) is 145 Å². The standard InChI is InChI=1S/C13H14N4O4/c14-7-8-3-1-2-4-9(8)16-13(21)17-10(12(19)20)5-6-11(15)18/h1-4,10H,5-6H2,(H2,15,18)(H,19,20)(H2,16,17,21)/t10-/m1/s1. The fourth-order valence-corrected chi connectivity index (χ4v) is 1.55. The van der Waals surface area contributed by atoms with Crippen molar-refractivity contribution in [2.24, 2.45) is 5.73 Å². The number of nitriles is 1. The molecule has 0 spiro atoms. The number of hydrogen-bond acceptors (Lipinski definition) is 4. The van der Waals surface area contributed by atoms with Crippen LogP contribution in [0, 0.1) is 11.3 Å². The Morgan fingerprint density at radius 2 is 2.00 bits per heavy atom. The Morgan fingerprint density at radius 3 is 2.57 bits per heavy atom. The van der Waals surface area contributed by atoms with Crippen molar-refractivity contribution in [2.45, 2.75) is 18.9 Å². The molecule has 1 aromatic rings. The molecule has 5 N–H and O–H groups in total. The van der Waals surface area contributed by atoms with E-state index in [-0.39, 0.29) is 24.1 Å². The molecule has 0 aliphatic carbocycles. The molecule has 8 heteroatoms. The van der Waals surface area contributed by atoms with Gasteiger partial charge in [0, 0.05) is 6.42 Å². The number of amides is 3. The van der Waals surface area contributed by atoms with Crippen molar-refractivity contribution in [3.8, 4) is 6.07 Å². The van der Waals surface area contributed by atoms with Gasteiger partial charge in [-0.15, -0.1) is 0 Å². The van der Waals surface area contributed by atoms with Gasteiger partial charge in [-0.1, -0.05) is 12.1 Å². The van der Waals surface area contributed by atoms with Crippen LogP contribution in [-0.4, -0.2) is 29.1 Å². The number of carboxylic acid groups (broad SMARTS) is 1. The maximum Gasteiger partial charge on any atom is 0.326 e. The Balaban J connectivity index is 2.68. The summed E-state index contributed by atoms with van der Waals surface area (Å²) in [5, 5.41) is 22.4. The SMILES string of the molecule is N#Cc1ccccc1NC(=O)N[C@H](CCC(N)=O)C(=O)O. The van der Waals surface area contributed by atoms with E-state index in [0.29, 0.717) is 0 Å². The average Bonchev–Trinajstić information content (AvgIpc) is 2.43. The van der Waals surface area contributed by atoms with Gasteiger partial charge in [0.05, 0.1) is 11.3 Å². The summed E-state index contributed by atoms with van der Waals surface area (Å²) in [5.41, 5.74) is 5.44. The van der Waals surface area contributed by atoms with Gasteiger partial charge in [-0.2, -0.15) is 5.26 Å². The number of primary amides is 1. The summed E-state index contributed by atoms with van der Waals surface area (Å²) >= 11 is 0. The van der Waals surface area contributed by atoms with Gasteiger partial charge >= 0.3 is 12.0 Å².